The molecule has 0 bridgehead atoms. The first-order valence-electron chi connectivity index (χ1n) is 6.60. The molecule has 0 amide bonds. The maximum Gasteiger partial charge on any atom is 0.350 e. The lowest BCUT2D eigenvalue weighted by Gasteiger charge is -2.24. The Morgan fingerprint density at radius 2 is 1.18 bits per heavy atom. The van der Waals surface area contributed by atoms with Crippen molar-refractivity contribution in [1.29, 1.82) is 0 Å². The van der Waals surface area contributed by atoms with Gasteiger partial charge in [0.2, 0.25) is 6.90 Å². The van der Waals surface area contributed by atoms with Gasteiger partial charge in [-0.1, -0.05) is 72.1 Å². The van der Waals surface area contributed by atoms with Crippen molar-refractivity contribution in [3.05, 3.63) is 89.8 Å². The van der Waals surface area contributed by atoms with Gasteiger partial charge in [0, 0.05) is 0 Å². The molecule has 0 saturated heterocycles. The van der Waals surface area contributed by atoms with Crippen molar-refractivity contribution in [3.63, 3.8) is 0 Å². The Kier molecular flexibility index (Phi) is 6.00. The van der Waals surface area contributed by atoms with Gasteiger partial charge in [-0.25, -0.2) is 0 Å². The minimum Gasteiger partial charge on any atom is -0.155 e. The summed E-state index contributed by atoms with van der Waals surface area (Å²) in [6.07, 6.45) is 0. The molecule has 1 atom stereocenters. The zero-order valence-electron chi connectivity index (χ0n) is 11.6. The highest BCUT2D eigenvalue weighted by atomic mass is 35.9. The largest absolute Gasteiger partial charge is 0.350 e. The van der Waals surface area contributed by atoms with Gasteiger partial charge in [-0.15, -0.1) is 39.8 Å². The van der Waals surface area contributed by atoms with Gasteiger partial charge in [-0.3, -0.25) is 0 Å². The molecule has 2 rings (SSSR count). The van der Waals surface area contributed by atoms with E-state index in [2.05, 4.69) is 6.58 Å². The predicted octanol–water partition coefficient (Wildman–Crippen LogP) is 6.30. The average Bonchev–Trinajstić information content (AvgIpc) is 2.53. The summed E-state index contributed by atoms with van der Waals surface area (Å²) >= 11 is 25.4. The Hall–Kier alpha value is -0.486. The zero-order valence-corrected chi connectivity index (χ0v) is 16.7. The van der Waals surface area contributed by atoms with Gasteiger partial charge in [-0.05, 0) is 16.7 Å². The first kappa shape index (κ1) is 17.9. The van der Waals surface area contributed by atoms with Crippen LogP contribution in [0.5, 0.6) is 0 Å². The maximum atomic E-state index is 6.70. The molecule has 2 aromatic carbocycles. The molecule has 6 heteroatoms. The lowest BCUT2D eigenvalue weighted by atomic mass is 10.00. The molecular weight excluding hydrogens is 390 g/mol. The lowest BCUT2D eigenvalue weighted by Crippen LogP contribution is -2.45. The minimum atomic E-state index is -3.11. The number of rotatable bonds is 5. The summed E-state index contributed by atoms with van der Waals surface area (Å²) < 4.78 is 0. The van der Waals surface area contributed by atoms with E-state index in [9.17, 15) is 0 Å². The molecule has 0 saturated carbocycles. The smallest absolute Gasteiger partial charge is 0.155 e. The van der Waals surface area contributed by atoms with Gasteiger partial charge in [0.25, 0.3) is 0 Å². The fourth-order valence-electron chi connectivity index (χ4n) is 2.04. The number of halogens is 4. The average molecular weight is 404 g/mol. The number of hydrogen-bond acceptors (Lipinski definition) is 0. The quantitative estimate of drug-likeness (QED) is 0.405. The maximum absolute atomic E-state index is 6.70. The Morgan fingerprint density at radius 1 is 0.773 bits per heavy atom. The summed E-state index contributed by atoms with van der Waals surface area (Å²) in [5, 5.41) is 0. The fraction of sp³-hybridized carbons (Fsp3) is 0. The van der Waals surface area contributed by atoms with E-state index in [0.29, 0.717) is 0 Å². The topological polar surface area (TPSA) is 0 Å². The summed E-state index contributed by atoms with van der Waals surface area (Å²) in [7, 11) is 0. The first-order chi connectivity index (χ1) is 10.4. The molecule has 0 fully saturated rings. The highest BCUT2D eigenvalue weighted by molar-refractivity contribution is 7.97. The van der Waals surface area contributed by atoms with Crippen molar-refractivity contribution in [1.82, 2.24) is 0 Å². The molecule has 0 aliphatic carbocycles. The van der Waals surface area contributed by atoms with Gasteiger partial charge < -0.3 is 0 Å². The fourth-order valence-corrected chi connectivity index (χ4v) is 8.80. The second-order valence-electron chi connectivity index (χ2n) is 4.76. The number of benzene rings is 2. The molecule has 0 spiro atoms. The van der Waals surface area contributed by atoms with Crippen LogP contribution in [0.2, 0.25) is 0 Å². The van der Waals surface area contributed by atoms with Crippen LogP contribution in [0.25, 0.3) is 5.57 Å². The molecule has 0 radical (unpaired) electrons. The van der Waals surface area contributed by atoms with E-state index in [-0.39, 0.29) is 0 Å². The van der Waals surface area contributed by atoms with E-state index in [0.717, 1.165) is 16.7 Å². The minimum absolute atomic E-state index is 0.974. The molecule has 22 heavy (non-hydrogen) atoms. The second-order valence-corrected chi connectivity index (χ2v) is 25.2. The van der Waals surface area contributed by atoms with E-state index in [4.69, 9.17) is 44.3 Å². The van der Waals surface area contributed by atoms with Gasteiger partial charge in [-0.2, -0.15) is 11.1 Å². The Bertz CT molecular complexity index is 624. The summed E-state index contributed by atoms with van der Waals surface area (Å²) in [6.45, 7) is 0.962. The van der Waals surface area contributed by atoms with Gasteiger partial charge in [0.1, 0.15) is 0 Å². The molecule has 0 aliphatic rings. The first-order valence-corrected chi connectivity index (χ1v) is 15.8. The van der Waals surface area contributed by atoms with Crippen molar-refractivity contribution >= 4 is 62.3 Å². The third kappa shape index (κ3) is 4.07. The summed E-state index contributed by atoms with van der Waals surface area (Å²) in [5.41, 5.74) is 3.51. The molecule has 1 unspecified atom stereocenters. The van der Waals surface area contributed by atoms with Crippen molar-refractivity contribution in [2.45, 2.75) is 0 Å². The second kappa shape index (κ2) is 7.39. The van der Waals surface area contributed by atoms with Crippen LogP contribution in [0.1, 0.15) is 11.1 Å². The van der Waals surface area contributed by atoms with Gasteiger partial charge >= 0.3 is 5.52 Å². The summed E-state index contributed by atoms with van der Waals surface area (Å²) in [4.78, 5) is 0. The van der Waals surface area contributed by atoms with Crippen LogP contribution in [0.3, 0.4) is 0 Å². The molecule has 0 N–H and O–H groups in total. The molecular formula is C16H14Cl4Si2. The van der Waals surface area contributed by atoms with Crippen LogP contribution in [-0.2, 0) is 0 Å². The molecule has 0 nitrogen and oxygen atoms in total. The van der Waals surface area contributed by atoms with E-state index in [1.807, 2.05) is 66.4 Å². The van der Waals surface area contributed by atoms with Crippen LogP contribution in [0, 0.1) is 0 Å². The van der Waals surface area contributed by atoms with E-state index in [1.165, 1.54) is 0 Å². The van der Waals surface area contributed by atoms with E-state index < -0.39 is 12.4 Å². The summed E-state index contributed by atoms with van der Waals surface area (Å²) in [5.74, 6) is 0. The van der Waals surface area contributed by atoms with Crippen LogP contribution < -0.4 is 0 Å². The van der Waals surface area contributed by atoms with Crippen LogP contribution in [0.4, 0.5) is 0 Å². The van der Waals surface area contributed by atoms with Crippen molar-refractivity contribution in [2.75, 3.05) is 0 Å². The predicted molar refractivity (Wildman–Crippen MR) is 105 cm³/mol. The van der Waals surface area contributed by atoms with Crippen LogP contribution >= 0.6 is 44.3 Å². The normalized spacial score (nSPS) is 14.0. The highest BCUT2D eigenvalue weighted by Gasteiger charge is 2.50. The van der Waals surface area contributed by atoms with E-state index in [1.54, 1.807) is 5.70 Å². The molecule has 0 heterocycles. The van der Waals surface area contributed by atoms with E-state index >= 15 is 0 Å². The van der Waals surface area contributed by atoms with Gasteiger partial charge in [0.05, 0.1) is 0 Å². The zero-order chi connectivity index (χ0) is 16.2. The Morgan fingerprint density at radius 3 is 1.50 bits per heavy atom. The molecule has 0 aromatic heterocycles. The van der Waals surface area contributed by atoms with Crippen LogP contribution in [0.15, 0.2) is 78.6 Å². The number of hydrogen-bond donors (Lipinski definition) is 0. The summed E-state index contributed by atoms with van der Waals surface area (Å²) in [6, 6.07) is 19.9. The monoisotopic (exact) mass is 402 g/mol. The lowest BCUT2D eigenvalue weighted by molar-refractivity contribution is 1.55. The third-order valence-electron chi connectivity index (χ3n) is 3.26. The van der Waals surface area contributed by atoms with Gasteiger partial charge in [0.15, 0.2) is 0 Å². The Balaban J connectivity index is 2.64. The van der Waals surface area contributed by atoms with Crippen molar-refractivity contribution in [3.8, 4) is 0 Å². The molecule has 2 aromatic rings. The standard InChI is InChI=1S/C16H14Cl4Si2/c1-2-21(17,22(18,19)20)13-16(14-9-5-3-6-10-14)15-11-7-4-8-12-15/h2-13H,1H2. The Labute approximate surface area is 151 Å². The third-order valence-corrected chi connectivity index (χ3v) is 23.5. The highest BCUT2D eigenvalue weighted by Crippen LogP contribution is 2.39. The van der Waals surface area contributed by atoms with Crippen molar-refractivity contribution < 1.29 is 0 Å². The molecule has 114 valence electrons. The molecule has 0 aliphatic heterocycles. The van der Waals surface area contributed by atoms with Crippen molar-refractivity contribution in [2.24, 2.45) is 0 Å². The van der Waals surface area contributed by atoms with Crippen LogP contribution in [-0.4, -0.2) is 12.4 Å². The SMILES string of the molecule is C=C[Si](Cl)(C=C(c1ccccc1)c1ccccc1)[Si](Cl)(Cl)Cl.